The average molecular weight is 658 g/mol. The van der Waals surface area contributed by atoms with Crippen LogP contribution in [0.1, 0.15) is 136 Å². The maximum atomic E-state index is 12.8. The molecule has 0 rings (SSSR count). The second kappa shape index (κ2) is 52.4. The van der Waals surface area contributed by atoms with Crippen LogP contribution in [0.15, 0.2) is 84.6 Å². The third-order valence-corrected chi connectivity index (χ3v) is 4.97. The lowest BCUT2D eigenvalue weighted by molar-refractivity contribution is -0.129. The lowest BCUT2D eigenvalue weighted by Crippen LogP contribution is -2.34. The van der Waals surface area contributed by atoms with Crippen molar-refractivity contribution in [1.82, 2.24) is 5.32 Å². The first kappa shape index (κ1) is 59.3. The second-order valence-electron chi connectivity index (χ2n) is 10.1. The molecule has 1 amide bonds. The molecule has 0 heterocycles. The Labute approximate surface area is 295 Å². The van der Waals surface area contributed by atoms with E-state index in [1.54, 1.807) is 6.08 Å². The Kier molecular flexibility index (Phi) is 66.1. The summed E-state index contributed by atoms with van der Waals surface area (Å²) in [6.45, 7) is 43.2. The number of carbonyl (C=O) groups excluding carboxylic acids is 2. The zero-order valence-corrected chi connectivity index (χ0v) is 33.9. The molecule has 0 aliphatic heterocycles. The number of hydrogen-bond donors (Lipinski definition) is 1. The Bertz CT molecular complexity index is 864. The van der Waals surface area contributed by atoms with E-state index in [9.17, 15) is 9.59 Å². The average Bonchev–Trinajstić information content (AvgIpc) is 3.07. The van der Waals surface area contributed by atoms with Crippen molar-refractivity contribution in [2.24, 2.45) is 11.8 Å². The van der Waals surface area contributed by atoms with E-state index in [4.69, 9.17) is 4.74 Å². The lowest BCUT2D eigenvalue weighted by atomic mass is 9.91. The van der Waals surface area contributed by atoms with Gasteiger partial charge >= 0.3 is 0 Å². The van der Waals surface area contributed by atoms with Crippen LogP contribution in [-0.4, -0.2) is 31.4 Å². The smallest absolute Gasteiger partial charge is 0.223 e. The number of nitrogens with one attached hydrogen (secondary N) is 1. The van der Waals surface area contributed by atoms with Gasteiger partial charge in [-0.05, 0) is 69.6 Å². The lowest BCUT2D eigenvalue weighted by Gasteiger charge is -2.17. The van der Waals surface area contributed by atoms with E-state index in [0.717, 1.165) is 41.1 Å². The van der Waals surface area contributed by atoms with Crippen LogP contribution in [0, 0.1) is 24.7 Å². The van der Waals surface area contributed by atoms with Gasteiger partial charge in [-0.3, -0.25) is 4.79 Å². The van der Waals surface area contributed by atoms with E-state index in [1.165, 1.54) is 13.3 Å². The van der Waals surface area contributed by atoms with Crippen molar-refractivity contribution in [3.05, 3.63) is 84.6 Å². The van der Waals surface area contributed by atoms with Crippen LogP contribution >= 0.6 is 0 Å². The maximum Gasteiger partial charge on any atom is 0.223 e. The Hall–Kier alpha value is -3.16. The van der Waals surface area contributed by atoms with Gasteiger partial charge in [0.1, 0.15) is 5.78 Å². The van der Waals surface area contributed by atoms with Gasteiger partial charge in [0.15, 0.2) is 0 Å². The highest BCUT2D eigenvalue weighted by molar-refractivity contribution is 5.86. The summed E-state index contributed by atoms with van der Waals surface area (Å²) in [7, 11) is 0. The van der Waals surface area contributed by atoms with Crippen LogP contribution < -0.4 is 5.32 Å². The summed E-state index contributed by atoms with van der Waals surface area (Å²) in [5, 5.41) is 2.91. The highest BCUT2D eigenvalue weighted by Crippen LogP contribution is 2.22. The highest BCUT2D eigenvalue weighted by atomic mass is 16.5. The van der Waals surface area contributed by atoms with E-state index in [0.29, 0.717) is 26.2 Å². The van der Waals surface area contributed by atoms with Crippen LogP contribution in [-0.2, 0) is 14.3 Å². The number of ether oxygens (including phenoxy) is 1. The number of carbonyl (C=O) groups is 2. The van der Waals surface area contributed by atoms with E-state index >= 15 is 0 Å². The van der Waals surface area contributed by atoms with E-state index in [-0.39, 0.29) is 18.1 Å². The van der Waals surface area contributed by atoms with Crippen LogP contribution in [0.25, 0.3) is 0 Å². The Balaban J connectivity index is -0.000000182. The van der Waals surface area contributed by atoms with E-state index in [2.05, 4.69) is 72.5 Å². The zero-order valence-electron chi connectivity index (χ0n) is 33.9. The monoisotopic (exact) mass is 658 g/mol. The van der Waals surface area contributed by atoms with Gasteiger partial charge in [-0.15, -0.1) is 19.4 Å². The van der Waals surface area contributed by atoms with Crippen LogP contribution in [0.4, 0.5) is 0 Å². The van der Waals surface area contributed by atoms with Crippen molar-refractivity contribution in [3.8, 4) is 12.8 Å². The third-order valence-electron chi connectivity index (χ3n) is 4.97. The SMILES string of the molecule is C#C.C=CC/C(=C\C)COCCNC(=O)[C@@H](CC(C)=O)CC(=C/C)/C=C(/C=C)C(=C)C/C=C\C.CC.CC.CC.CC(C)C.CCC. The quantitative estimate of drug-likeness (QED) is 0.0733. The van der Waals surface area contributed by atoms with Crippen LogP contribution in [0.3, 0.4) is 0 Å². The second-order valence-corrected chi connectivity index (χ2v) is 10.1. The normalized spacial score (nSPS) is 10.9. The molecule has 0 aliphatic rings. The summed E-state index contributed by atoms with van der Waals surface area (Å²) in [6, 6.07) is 0. The van der Waals surface area contributed by atoms with Gasteiger partial charge in [-0.2, -0.15) is 0 Å². The molecule has 47 heavy (non-hydrogen) atoms. The van der Waals surface area contributed by atoms with E-state index < -0.39 is 5.92 Å². The summed E-state index contributed by atoms with van der Waals surface area (Å²) in [4.78, 5) is 24.6. The molecule has 0 fully saturated rings. The molecule has 4 nitrogen and oxygen atoms in total. The van der Waals surface area contributed by atoms with Crippen LogP contribution in [0.2, 0.25) is 0 Å². The fourth-order valence-corrected chi connectivity index (χ4v) is 3.07. The number of allylic oxidation sites excluding steroid dienone is 10. The molecular formula is C43H79NO3. The molecule has 274 valence electrons. The zero-order chi connectivity index (χ0) is 38.6. The topological polar surface area (TPSA) is 55.4 Å². The number of Topliss-reactive ketones (excluding diaryl/α,β-unsaturated/α-hetero) is 1. The van der Waals surface area contributed by atoms with Crippen molar-refractivity contribution in [2.45, 2.75) is 136 Å². The van der Waals surface area contributed by atoms with Crippen molar-refractivity contribution in [1.29, 1.82) is 0 Å². The molecule has 0 radical (unpaired) electrons. The molecule has 0 saturated carbocycles. The fraction of sp³-hybridized carbons (Fsp3) is 0.581. The number of hydrogen-bond acceptors (Lipinski definition) is 3. The summed E-state index contributed by atoms with van der Waals surface area (Å²) < 4.78 is 5.63. The van der Waals surface area contributed by atoms with Gasteiger partial charge in [0.25, 0.3) is 0 Å². The molecule has 1 atom stereocenters. The first-order valence-electron chi connectivity index (χ1n) is 17.7. The largest absolute Gasteiger partial charge is 0.375 e. The minimum Gasteiger partial charge on any atom is -0.375 e. The molecule has 0 bridgehead atoms. The van der Waals surface area contributed by atoms with Crippen LogP contribution in [0.5, 0.6) is 0 Å². The summed E-state index contributed by atoms with van der Waals surface area (Å²) in [5.74, 6) is 0.253. The highest BCUT2D eigenvalue weighted by Gasteiger charge is 2.21. The van der Waals surface area contributed by atoms with Gasteiger partial charge in [-0.25, -0.2) is 0 Å². The number of amides is 1. The molecule has 0 saturated heterocycles. The minimum absolute atomic E-state index is 0.00980. The molecule has 0 aliphatic carbocycles. The van der Waals surface area contributed by atoms with Gasteiger partial charge in [0, 0.05) is 18.9 Å². The Morgan fingerprint density at radius 3 is 1.72 bits per heavy atom. The minimum atomic E-state index is -0.434. The van der Waals surface area contributed by atoms with Gasteiger partial charge < -0.3 is 14.8 Å². The molecule has 0 aromatic carbocycles. The standard InChI is InChI=1S/C28H41NO3.C4H10.C3H8.3C2H6.C2H2/c1-8-13-15-22(6)26(12-5)19-25(11-4)20-27(18-23(7)30)28(31)29-16-17-32-21-24(10-3)14-9-2;1-4(2)3;1-3-2;4*1-2/h8-13,19,27H,2,5-6,14-18,20-21H2,1,3-4,7H3,(H,29,31);4H,1-3H3;3H2,1-2H3;3*1-2H3;1-2H/b13-8-,24-10+,25-11+,26-19-;;;;;;/t27-;;;;;;/m0....../s1. The number of ketones is 1. The van der Waals surface area contributed by atoms with Gasteiger partial charge in [0.05, 0.1) is 13.2 Å². The predicted octanol–water partition coefficient (Wildman–Crippen LogP) is 12.6. The van der Waals surface area contributed by atoms with E-state index in [1.807, 2.05) is 98.8 Å². The summed E-state index contributed by atoms with van der Waals surface area (Å²) >= 11 is 0. The first-order chi connectivity index (χ1) is 22.5. The first-order valence-corrected chi connectivity index (χ1v) is 17.7. The molecule has 0 unspecified atom stereocenters. The summed E-state index contributed by atoms with van der Waals surface area (Å²) in [6.07, 6.45) is 25.1. The molecule has 0 spiro atoms. The fourth-order valence-electron chi connectivity index (χ4n) is 3.07. The summed E-state index contributed by atoms with van der Waals surface area (Å²) in [5.41, 5.74) is 4.02. The molecule has 4 heteroatoms. The Morgan fingerprint density at radius 1 is 0.872 bits per heavy atom. The van der Waals surface area contributed by atoms with Crippen molar-refractivity contribution in [3.63, 3.8) is 0 Å². The molecule has 0 aromatic heterocycles. The maximum absolute atomic E-state index is 12.8. The molecular weight excluding hydrogens is 578 g/mol. The molecule has 1 N–H and O–H groups in total. The van der Waals surface area contributed by atoms with Gasteiger partial charge in [-0.1, -0.05) is 144 Å². The van der Waals surface area contributed by atoms with Gasteiger partial charge in [0.2, 0.25) is 5.91 Å². The van der Waals surface area contributed by atoms with Crippen molar-refractivity contribution in [2.75, 3.05) is 19.8 Å². The number of terminal acetylenes is 1. The Morgan fingerprint density at radius 2 is 1.36 bits per heavy atom. The molecule has 0 aromatic rings. The van der Waals surface area contributed by atoms with Crippen molar-refractivity contribution >= 4 is 11.7 Å². The third kappa shape index (κ3) is 49.9. The predicted molar refractivity (Wildman–Crippen MR) is 217 cm³/mol. The number of rotatable bonds is 17. The van der Waals surface area contributed by atoms with Crippen molar-refractivity contribution < 1.29 is 14.3 Å².